The fraction of sp³-hybridized carbons (Fsp3) is 0.716. The van der Waals surface area contributed by atoms with Crippen LogP contribution in [-0.2, 0) is 28.6 Å². The Morgan fingerprint density at radius 2 is 0.487 bits per heavy atom. The molecule has 80 heavy (non-hydrogen) atoms. The molecule has 6 heteroatoms. The van der Waals surface area contributed by atoms with Crippen molar-refractivity contribution in [2.45, 2.75) is 329 Å². The fourth-order valence-corrected chi connectivity index (χ4v) is 9.45. The highest BCUT2D eigenvalue weighted by Crippen LogP contribution is 2.17. The molecule has 0 aliphatic rings. The van der Waals surface area contributed by atoms with E-state index in [-0.39, 0.29) is 31.1 Å². The molecule has 1 unspecified atom stereocenters. The Bertz CT molecular complexity index is 1610. The lowest BCUT2D eigenvalue weighted by Gasteiger charge is -2.18. The first kappa shape index (κ1) is 76.1. The molecule has 1 atom stereocenters. The van der Waals surface area contributed by atoms with Crippen molar-refractivity contribution in [3.05, 3.63) is 109 Å². The van der Waals surface area contributed by atoms with Gasteiger partial charge in [0, 0.05) is 19.3 Å². The molecule has 0 amide bonds. The highest BCUT2D eigenvalue weighted by Gasteiger charge is 2.19. The molecule has 0 aromatic carbocycles. The Kier molecular flexibility index (Phi) is 64.3. The molecular weight excluding hydrogens is 985 g/mol. The van der Waals surface area contributed by atoms with E-state index in [0.717, 1.165) is 135 Å². The van der Waals surface area contributed by atoms with Crippen LogP contribution < -0.4 is 0 Å². The van der Waals surface area contributed by atoms with Gasteiger partial charge in [-0.05, 0) is 109 Å². The molecule has 0 aliphatic heterocycles. The highest BCUT2D eigenvalue weighted by molar-refractivity contribution is 5.71. The molecule has 0 saturated carbocycles. The van der Waals surface area contributed by atoms with E-state index in [2.05, 4.69) is 130 Å². The lowest BCUT2D eigenvalue weighted by molar-refractivity contribution is -0.167. The van der Waals surface area contributed by atoms with Crippen molar-refractivity contribution in [2.75, 3.05) is 13.2 Å². The maximum atomic E-state index is 12.9. The van der Waals surface area contributed by atoms with Gasteiger partial charge in [-0.25, -0.2) is 0 Å². The molecular formula is C74H126O6. The normalized spacial score (nSPS) is 12.8. The zero-order valence-electron chi connectivity index (χ0n) is 52.6. The monoisotopic (exact) mass is 1110 g/mol. The summed E-state index contributed by atoms with van der Waals surface area (Å²) < 4.78 is 16.9. The van der Waals surface area contributed by atoms with Gasteiger partial charge in [0.2, 0.25) is 0 Å². The quantitative estimate of drug-likeness (QED) is 0.0261. The second-order valence-corrected chi connectivity index (χ2v) is 22.4. The van der Waals surface area contributed by atoms with Crippen LogP contribution in [0.4, 0.5) is 0 Å². The minimum atomic E-state index is -0.800. The number of unbranched alkanes of at least 4 members (excludes halogenated alkanes) is 32. The van der Waals surface area contributed by atoms with E-state index in [1.807, 2.05) is 0 Å². The molecule has 0 fully saturated rings. The third kappa shape index (κ3) is 64.9. The third-order valence-electron chi connectivity index (χ3n) is 14.5. The maximum Gasteiger partial charge on any atom is 0.306 e. The van der Waals surface area contributed by atoms with Crippen LogP contribution in [0.5, 0.6) is 0 Å². The van der Waals surface area contributed by atoms with E-state index in [4.69, 9.17) is 14.2 Å². The first-order valence-electron chi connectivity index (χ1n) is 33.9. The summed E-state index contributed by atoms with van der Waals surface area (Å²) in [5, 5.41) is 0. The van der Waals surface area contributed by atoms with Crippen molar-refractivity contribution >= 4 is 17.9 Å². The third-order valence-corrected chi connectivity index (χ3v) is 14.5. The summed E-state index contributed by atoms with van der Waals surface area (Å²) in [6, 6.07) is 0. The van der Waals surface area contributed by atoms with Gasteiger partial charge in [0.1, 0.15) is 13.2 Å². The summed E-state index contributed by atoms with van der Waals surface area (Å²) >= 11 is 0. The minimum Gasteiger partial charge on any atom is -0.462 e. The predicted molar refractivity (Wildman–Crippen MR) is 348 cm³/mol. The molecule has 6 nitrogen and oxygen atoms in total. The SMILES string of the molecule is CC/C=C\C/C=C\C/C=C\C/C=C\C/C=C\C/C=C\C/C=C\CCCCCC(=O)OCC(COC(=O)CCCCCCC/C=C\C/C=C\CCCCC)OC(=O)CCCCCCCCCCCCCCCCCCCCCCCC. The molecule has 0 heterocycles. The Balaban J connectivity index is 4.42. The summed E-state index contributed by atoms with van der Waals surface area (Å²) in [4.78, 5) is 38.4. The molecule has 458 valence electrons. The van der Waals surface area contributed by atoms with Gasteiger partial charge in [-0.2, -0.15) is 0 Å². The summed E-state index contributed by atoms with van der Waals surface area (Å²) in [5.41, 5.74) is 0. The highest BCUT2D eigenvalue weighted by atomic mass is 16.6. The van der Waals surface area contributed by atoms with E-state index in [9.17, 15) is 14.4 Å². The number of hydrogen-bond acceptors (Lipinski definition) is 6. The number of carbonyl (C=O) groups is 3. The number of ether oxygens (including phenoxy) is 3. The van der Waals surface area contributed by atoms with Crippen LogP contribution in [0, 0.1) is 0 Å². The number of hydrogen-bond donors (Lipinski definition) is 0. The first-order chi connectivity index (χ1) is 39.5. The molecule has 0 aromatic heterocycles. The minimum absolute atomic E-state index is 0.0949. The molecule has 0 bridgehead atoms. The van der Waals surface area contributed by atoms with Gasteiger partial charge in [0.25, 0.3) is 0 Å². The van der Waals surface area contributed by atoms with Crippen LogP contribution in [0.2, 0.25) is 0 Å². The van der Waals surface area contributed by atoms with Gasteiger partial charge in [0.15, 0.2) is 6.10 Å². The fourth-order valence-electron chi connectivity index (χ4n) is 9.45. The molecule has 0 saturated heterocycles. The smallest absolute Gasteiger partial charge is 0.306 e. The van der Waals surface area contributed by atoms with Gasteiger partial charge in [-0.1, -0.05) is 304 Å². The standard InChI is InChI=1S/C74H126O6/c1-4-7-10-13-16-19-22-25-28-30-32-34-36-37-38-40-41-43-46-49-52-55-58-61-64-67-73(76)79-70-71(69-78-72(75)66-63-60-57-54-51-48-45-27-24-21-18-15-12-9-6-3)80-74(77)68-65-62-59-56-53-50-47-44-42-39-35-33-31-29-26-23-20-17-14-11-8-5-2/h7,10,16,18-19,21,25,27-28,32,34,37-38,41,43,45,49,52,71H,4-6,8-9,11-15,17,20,22-24,26,29-31,33,35-36,39-40,42,44,46-48,50-51,53-70H2,1-3H3/b10-7-,19-16-,21-18-,28-25-,34-32-,38-37-,43-41-,45-27-,52-49-. The number of carbonyl (C=O) groups excluding carboxylic acids is 3. The van der Waals surface area contributed by atoms with Gasteiger partial charge >= 0.3 is 17.9 Å². The van der Waals surface area contributed by atoms with Gasteiger partial charge in [-0.3, -0.25) is 14.4 Å². The molecule has 0 N–H and O–H groups in total. The number of esters is 3. The molecule has 0 rings (SSSR count). The van der Waals surface area contributed by atoms with Crippen LogP contribution in [0.25, 0.3) is 0 Å². The summed E-state index contributed by atoms with van der Waals surface area (Å²) in [6.45, 7) is 6.50. The Hall–Kier alpha value is -3.93. The van der Waals surface area contributed by atoms with Crippen LogP contribution in [0.1, 0.15) is 323 Å². The van der Waals surface area contributed by atoms with E-state index in [1.54, 1.807) is 0 Å². The average molecular weight is 1110 g/mol. The largest absolute Gasteiger partial charge is 0.462 e. The number of rotatable bonds is 61. The second-order valence-electron chi connectivity index (χ2n) is 22.4. The lowest BCUT2D eigenvalue weighted by Crippen LogP contribution is -2.30. The summed E-state index contributed by atoms with van der Waals surface area (Å²) in [6.07, 6.45) is 92.4. The van der Waals surface area contributed by atoms with Crippen molar-refractivity contribution in [3.8, 4) is 0 Å². The molecule has 0 spiro atoms. The molecule has 0 aromatic rings. The molecule has 0 radical (unpaired) electrons. The van der Waals surface area contributed by atoms with Crippen molar-refractivity contribution in [1.29, 1.82) is 0 Å². The van der Waals surface area contributed by atoms with E-state index < -0.39 is 6.10 Å². The van der Waals surface area contributed by atoms with Crippen molar-refractivity contribution < 1.29 is 28.6 Å². The lowest BCUT2D eigenvalue weighted by atomic mass is 10.0. The van der Waals surface area contributed by atoms with Crippen molar-refractivity contribution in [3.63, 3.8) is 0 Å². The number of allylic oxidation sites excluding steroid dienone is 18. The van der Waals surface area contributed by atoms with E-state index in [1.165, 1.54) is 148 Å². The van der Waals surface area contributed by atoms with Gasteiger partial charge in [0.05, 0.1) is 0 Å². The second kappa shape index (κ2) is 67.6. The van der Waals surface area contributed by atoms with Crippen LogP contribution in [-0.4, -0.2) is 37.2 Å². The van der Waals surface area contributed by atoms with Crippen molar-refractivity contribution in [1.82, 2.24) is 0 Å². The predicted octanol–water partition coefficient (Wildman–Crippen LogP) is 23.4. The topological polar surface area (TPSA) is 78.9 Å². The Labute approximate surface area is 495 Å². The van der Waals surface area contributed by atoms with Crippen LogP contribution in [0.3, 0.4) is 0 Å². The first-order valence-corrected chi connectivity index (χ1v) is 33.9. The van der Waals surface area contributed by atoms with Gasteiger partial charge < -0.3 is 14.2 Å². The zero-order chi connectivity index (χ0) is 57.8. The molecule has 0 aliphatic carbocycles. The van der Waals surface area contributed by atoms with Gasteiger partial charge in [-0.15, -0.1) is 0 Å². The van der Waals surface area contributed by atoms with Crippen LogP contribution in [0.15, 0.2) is 109 Å². The zero-order valence-corrected chi connectivity index (χ0v) is 52.6. The average Bonchev–Trinajstić information content (AvgIpc) is 3.46. The summed E-state index contributed by atoms with van der Waals surface area (Å²) in [5.74, 6) is -0.929. The van der Waals surface area contributed by atoms with E-state index in [0.29, 0.717) is 19.3 Å². The summed E-state index contributed by atoms with van der Waals surface area (Å²) in [7, 11) is 0. The van der Waals surface area contributed by atoms with E-state index >= 15 is 0 Å². The Morgan fingerprint density at radius 3 is 0.800 bits per heavy atom. The van der Waals surface area contributed by atoms with Crippen LogP contribution >= 0.6 is 0 Å². The Morgan fingerprint density at radius 1 is 0.263 bits per heavy atom. The maximum absolute atomic E-state index is 12.9. The van der Waals surface area contributed by atoms with Crippen molar-refractivity contribution in [2.24, 2.45) is 0 Å².